The normalized spacial score (nSPS) is 22.0. The van der Waals surface area contributed by atoms with Crippen molar-refractivity contribution >= 4 is 41.3 Å². The molecule has 0 amide bonds. The van der Waals surface area contributed by atoms with E-state index in [9.17, 15) is 0 Å². The third kappa shape index (κ3) is 6.69. The molecule has 0 bridgehead atoms. The first-order valence-corrected chi connectivity index (χ1v) is 10.1. The fourth-order valence-corrected chi connectivity index (χ4v) is 4.47. The zero-order valence-electron chi connectivity index (χ0n) is 14.9. The smallest absolute Gasteiger partial charge is 0.188 e. The molecular weight excluding hydrogens is 447 g/mol. The lowest BCUT2D eigenvalue weighted by Gasteiger charge is -2.33. The minimum absolute atomic E-state index is 0. The molecule has 142 valence electrons. The van der Waals surface area contributed by atoms with Crippen molar-refractivity contribution in [3.8, 4) is 0 Å². The molecule has 2 aliphatic rings. The average Bonchev–Trinajstić information content (AvgIpc) is 3.01. The second-order valence-electron chi connectivity index (χ2n) is 6.74. The standard InChI is InChI=1S/C18H30N4OS.HI/c19-18(21-15-6-3-1-2-4-7-15)20-14-16(17-8-5-13-24-17)22-9-11-23-12-10-22;/h5,8,13,15-16H,1-4,6-7,9-12,14H2,(H3,19,20,21);1H. The molecule has 1 saturated heterocycles. The maximum atomic E-state index is 6.19. The summed E-state index contributed by atoms with van der Waals surface area (Å²) in [4.78, 5) is 8.52. The second-order valence-corrected chi connectivity index (χ2v) is 7.72. The van der Waals surface area contributed by atoms with Crippen LogP contribution in [-0.2, 0) is 4.74 Å². The van der Waals surface area contributed by atoms with Crippen molar-refractivity contribution in [2.75, 3.05) is 32.8 Å². The van der Waals surface area contributed by atoms with Crippen molar-refractivity contribution in [1.29, 1.82) is 0 Å². The van der Waals surface area contributed by atoms with Crippen LogP contribution < -0.4 is 11.1 Å². The Morgan fingerprint density at radius 2 is 2.00 bits per heavy atom. The summed E-state index contributed by atoms with van der Waals surface area (Å²) < 4.78 is 5.49. The molecule has 2 heterocycles. The van der Waals surface area contributed by atoms with E-state index in [-0.39, 0.29) is 24.0 Å². The summed E-state index contributed by atoms with van der Waals surface area (Å²) in [6.07, 6.45) is 7.74. The monoisotopic (exact) mass is 478 g/mol. The lowest BCUT2D eigenvalue weighted by Crippen LogP contribution is -2.42. The highest BCUT2D eigenvalue weighted by molar-refractivity contribution is 14.0. The quantitative estimate of drug-likeness (QED) is 0.295. The van der Waals surface area contributed by atoms with E-state index in [1.54, 1.807) is 11.3 Å². The fourth-order valence-electron chi connectivity index (χ4n) is 3.62. The van der Waals surface area contributed by atoms with Crippen LogP contribution in [0.3, 0.4) is 0 Å². The molecule has 7 heteroatoms. The van der Waals surface area contributed by atoms with E-state index in [0.29, 0.717) is 24.6 Å². The van der Waals surface area contributed by atoms with E-state index in [2.05, 4.69) is 32.7 Å². The van der Waals surface area contributed by atoms with Gasteiger partial charge in [-0.25, -0.2) is 0 Å². The zero-order valence-corrected chi connectivity index (χ0v) is 18.0. The summed E-state index contributed by atoms with van der Waals surface area (Å²) in [6.45, 7) is 4.26. The highest BCUT2D eigenvalue weighted by Crippen LogP contribution is 2.26. The van der Waals surface area contributed by atoms with Crippen molar-refractivity contribution in [3.63, 3.8) is 0 Å². The van der Waals surface area contributed by atoms with Gasteiger partial charge in [0.2, 0.25) is 0 Å². The number of thiophene rings is 1. The van der Waals surface area contributed by atoms with Crippen LogP contribution in [0.15, 0.2) is 22.5 Å². The number of nitrogens with zero attached hydrogens (tertiary/aromatic N) is 2. The van der Waals surface area contributed by atoms with Crippen molar-refractivity contribution in [1.82, 2.24) is 10.2 Å². The Bertz CT molecular complexity index is 497. The topological polar surface area (TPSA) is 62.9 Å². The van der Waals surface area contributed by atoms with Crippen molar-refractivity contribution < 1.29 is 4.74 Å². The van der Waals surface area contributed by atoms with E-state index in [4.69, 9.17) is 10.5 Å². The van der Waals surface area contributed by atoms with Crippen LogP contribution in [-0.4, -0.2) is 49.7 Å². The molecule has 1 aliphatic carbocycles. The van der Waals surface area contributed by atoms with E-state index < -0.39 is 0 Å². The van der Waals surface area contributed by atoms with Crippen LogP contribution >= 0.6 is 35.3 Å². The maximum Gasteiger partial charge on any atom is 0.188 e. The van der Waals surface area contributed by atoms with Gasteiger partial charge >= 0.3 is 0 Å². The predicted molar refractivity (Wildman–Crippen MR) is 116 cm³/mol. The first kappa shape index (κ1) is 20.9. The molecule has 1 saturated carbocycles. The lowest BCUT2D eigenvalue weighted by molar-refractivity contribution is 0.0187. The van der Waals surface area contributed by atoms with Crippen LogP contribution in [0.1, 0.15) is 49.4 Å². The maximum absolute atomic E-state index is 6.19. The van der Waals surface area contributed by atoms with E-state index in [1.807, 2.05) is 0 Å². The Kier molecular flexibility index (Phi) is 9.51. The Labute approximate surface area is 172 Å². The molecule has 3 rings (SSSR count). The Morgan fingerprint density at radius 3 is 2.64 bits per heavy atom. The number of ether oxygens (including phenoxy) is 1. The minimum atomic E-state index is 0. The second kappa shape index (κ2) is 11.4. The molecule has 0 spiro atoms. The molecule has 1 unspecified atom stereocenters. The van der Waals surface area contributed by atoms with Gasteiger partial charge in [-0.05, 0) is 24.3 Å². The number of aliphatic imine (C=N–C) groups is 1. The van der Waals surface area contributed by atoms with Gasteiger partial charge in [-0.2, -0.15) is 0 Å². The van der Waals surface area contributed by atoms with Crippen LogP contribution in [0, 0.1) is 0 Å². The molecule has 0 aromatic carbocycles. The first-order valence-electron chi connectivity index (χ1n) is 9.24. The van der Waals surface area contributed by atoms with Crippen molar-refractivity contribution in [2.45, 2.75) is 50.6 Å². The number of rotatable bonds is 5. The Hall–Kier alpha value is -0.380. The summed E-state index contributed by atoms with van der Waals surface area (Å²) in [7, 11) is 0. The van der Waals surface area contributed by atoms with Gasteiger partial charge in [-0.15, -0.1) is 35.3 Å². The largest absolute Gasteiger partial charge is 0.379 e. The third-order valence-corrected chi connectivity index (χ3v) is 5.97. The highest BCUT2D eigenvalue weighted by Gasteiger charge is 2.23. The van der Waals surface area contributed by atoms with Crippen LogP contribution in [0.5, 0.6) is 0 Å². The molecule has 5 nitrogen and oxygen atoms in total. The molecule has 1 aromatic heterocycles. The van der Waals surface area contributed by atoms with Crippen LogP contribution in [0.2, 0.25) is 0 Å². The number of hydrogen-bond acceptors (Lipinski definition) is 4. The van der Waals surface area contributed by atoms with Gasteiger partial charge in [-0.3, -0.25) is 9.89 Å². The highest BCUT2D eigenvalue weighted by atomic mass is 127. The lowest BCUT2D eigenvalue weighted by atomic mass is 10.1. The Balaban J connectivity index is 0.00000225. The fraction of sp³-hybridized carbons (Fsp3) is 0.722. The van der Waals surface area contributed by atoms with Gasteiger partial charge in [-0.1, -0.05) is 31.7 Å². The van der Waals surface area contributed by atoms with Crippen molar-refractivity contribution in [2.24, 2.45) is 10.7 Å². The SMILES string of the molecule is I.NC(=NCC(c1cccs1)N1CCOCC1)NC1CCCCCC1. The van der Waals surface area contributed by atoms with Gasteiger partial charge in [0, 0.05) is 24.0 Å². The molecule has 25 heavy (non-hydrogen) atoms. The summed E-state index contributed by atoms with van der Waals surface area (Å²) in [5, 5.41) is 5.59. The number of nitrogens with one attached hydrogen (secondary N) is 1. The summed E-state index contributed by atoms with van der Waals surface area (Å²) in [5.41, 5.74) is 6.19. The molecule has 3 N–H and O–H groups in total. The minimum Gasteiger partial charge on any atom is -0.379 e. The van der Waals surface area contributed by atoms with Crippen LogP contribution in [0.25, 0.3) is 0 Å². The number of halogens is 1. The van der Waals surface area contributed by atoms with Gasteiger partial charge in [0.1, 0.15) is 0 Å². The van der Waals surface area contributed by atoms with E-state index in [1.165, 1.54) is 43.4 Å². The van der Waals surface area contributed by atoms with Crippen LogP contribution in [0.4, 0.5) is 0 Å². The predicted octanol–water partition coefficient (Wildman–Crippen LogP) is 3.37. The third-order valence-electron chi connectivity index (χ3n) is 5.00. The number of guanidine groups is 1. The van der Waals surface area contributed by atoms with Gasteiger partial charge in [0.25, 0.3) is 0 Å². The number of morpholine rings is 1. The Morgan fingerprint density at radius 1 is 1.28 bits per heavy atom. The molecule has 2 fully saturated rings. The molecule has 1 aliphatic heterocycles. The zero-order chi connectivity index (χ0) is 16.6. The van der Waals surface area contributed by atoms with Gasteiger partial charge in [0.15, 0.2) is 5.96 Å². The summed E-state index contributed by atoms with van der Waals surface area (Å²) in [5.74, 6) is 0.608. The first-order chi connectivity index (χ1) is 11.8. The summed E-state index contributed by atoms with van der Waals surface area (Å²) in [6, 6.07) is 5.13. The molecule has 1 atom stereocenters. The number of nitrogens with two attached hydrogens (primary N) is 1. The van der Waals surface area contributed by atoms with Crippen molar-refractivity contribution in [3.05, 3.63) is 22.4 Å². The van der Waals surface area contributed by atoms with Gasteiger partial charge in [0.05, 0.1) is 25.8 Å². The van der Waals surface area contributed by atoms with Gasteiger partial charge < -0.3 is 15.8 Å². The summed E-state index contributed by atoms with van der Waals surface area (Å²) >= 11 is 1.80. The van der Waals surface area contributed by atoms with E-state index >= 15 is 0 Å². The molecule has 0 radical (unpaired) electrons. The molecular formula is C18H31IN4OS. The average molecular weight is 478 g/mol. The van der Waals surface area contributed by atoms with E-state index in [0.717, 1.165) is 26.3 Å². The number of hydrogen-bond donors (Lipinski definition) is 2. The molecule has 1 aromatic rings.